The van der Waals surface area contributed by atoms with Crippen molar-refractivity contribution in [3.8, 4) is 0 Å². The van der Waals surface area contributed by atoms with Crippen molar-refractivity contribution in [3.05, 3.63) is 54.4 Å². The van der Waals surface area contributed by atoms with E-state index < -0.39 is 0 Å². The molecule has 0 unspecified atom stereocenters. The zero-order valence-electron chi connectivity index (χ0n) is 16.7. The lowest BCUT2D eigenvalue weighted by molar-refractivity contribution is 0.0908. The summed E-state index contributed by atoms with van der Waals surface area (Å²) in [5.41, 5.74) is 2.43. The van der Waals surface area contributed by atoms with Gasteiger partial charge in [0.05, 0.1) is 17.6 Å². The molecule has 3 heterocycles. The summed E-state index contributed by atoms with van der Waals surface area (Å²) in [4.78, 5) is 23.8. The second-order valence-corrected chi connectivity index (χ2v) is 7.47. The van der Waals surface area contributed by atoms with Crippen molar-refractivity contribution in [2.45, 2.75) is 32.4 Å². The van der Waals surface area contributed by atoms with Gasteiger partial charge in [0.2, 0.25) is 5.95 Å². The van der Waals surface area contributed by atoms with Crippen LogP contribution in [-0.2, 0) is 6.54 Å². The molecular weight excluding hydrogens is 366 g/mol. The number of nitrogens with zero attached hydrogens (tertiary/aromatic N) is 4. The fourth-order valence-corrected chi connectivity index (χ4v) is 4.18. The molecule has 1 aliphatic rings. The highest BCUT2D eigenvalue weighted by molar-refractivity contribution is 5.92. The SMILES string of the molecule is CC[C@@H]1CN(c2nc3ccccc3n2CCO)CC[C@@H]1NC(=O)c1ccccn1. The minimum atomic E-state index is -0.116. The van der Waals surface area contributed by atoms with Gasteiger partial charge in [0, 0.05) is 31.9 Å². The van der Waals surface area contributed by atoms with Crippen molar-refractivity contribution >= 4 is 22.9 Å². The molecule has 1 fully saturated rings. The summed E-state index contributed by atoms with van der Waals surface area (Å²) in [5.74, 6) is 1.10. The Balaban J connectivity index is 1.52. The number of para-hydroxylation sites is 2. The van der Waals surface area contributed by atoms with Crippen LogP contribution >= 0.6 is 0 Å². The Morgan fingerprint density at radius 1 is 1.24 bits per heavy atom. The fraction of sp³-hybridized carbons (Fsp3) is 0.409. The number of aliphatic hydroxyl groups excluding tert-OH is 1. The van der Waals surface area contributed by atoms with Gasteiger partial charge in [-0.2, -0.15) is 0 Å². The number of anilines is 1. The van der Waals surface area contributed by atoms with Crippen LogP contribution in [0, 0.1) is 5.92 Å². The van der Waals surface area contributed by atoms with E-state index >= 15 is 0 Å². The molecule has 0 saturated carbocycles. The topological polar surface area (TPSA) is 83.3 Å². The Morgan fingerprint density at radius 2 is 2.07 bits per heavy atom. The van der Waals surface area contributed by atoms with Crippen LogP contribution in [0.4, 0.5) is 5.95 Å². The summed E-state index contributed by atoms with van der Waals surface area (Å²) in [7, 11) is 0. The number of aromatic nitrogens is 3. The molecular formula is C22H27N5O2. The molecule has 4 rings (SSSR count). The smallest absolute Gasteiger partial charge is 0.270 e. The maximum absolute atomic E-state index is 12.6. The summed E-state index contributed by atoms with van der Waals surface area (Å²) in [6.07, 6.45) is 3.45. The number of imidazole rings is 1. The van der Waals surface area contributed by atoms with Gasteiger partial charge in [0.15, 0.2) is 0 Å². The van der Waals surface area contributed by atoms with Crippen LogP contribution in [0.15, 0.2) is 48.7 Å². The molecule has 1 saturated heterocycles. The number of hydrogen-bond donors (Lipinski definition) is 2. The molecule has 0 aliphatic carbocycles. The first-order valence-corrected chi connectivity index (χ1v) is 10.2. The molecule has 152 valence electrons. The number of hydrogen-bond acceptors (Lipinski definition) is 5. The molecule has 2 aromatic heterocycles. The average Bonchev–Trinajstić information content (AvgIpc) is 3.13. The van der Waals surface area contributed by atoms with E-state index in [2.05, 4.69) is 26.7 Å². The third-order valence-electron chi connectivity index (χ3n) is 5.71. The van der Waals surface area contributed by atoms with Crippen molar-refractivity contribution in [1.82, 2.24) is 19.9 Å². The molecule has 0 radical (unpaired) electrons. The molecule has 0 spiro atoms. The van der Waals surface area contributed by atoms with E-state index in [0.29, 0.717) is 18.2 Å². The van der Waals surface area contributed by atoms with Crippen LogP contribution in [0.2, 0.25) is 0 Å². The van der Waals surface area contributed by atoms with E-state index in [1.807, 2.05) is 36.4 Å². The maximum atomic E-state index is 12.6. The molecule has 2 N–H and O–H groups in total. The van der Waals surface area contributed by atoms with Gasteiger partial charge in [0.1, 0.15) is 5.69 Å². The third kappa shape index (κ3) is 3.96. The number of benzene rings is 1. The van der Waals surface area contributed by atoms with E-state index in [0.717, 1.165) is 42.9 Å². The number of pyridine rings is 1. The number of fused-ring (bicyclic) bond motifs is 1. The molecule has 1 aliphatic heterocycles. The first-order valence-electron chi connectivity index (χ1n) is 10.2. The average molecular weight is 393 g/mol. The molecule has 3 aromatic rings. The Bertz CT molecular complexity index is 972. The van der Waals surface area contributed by atoms with Crippen LogP contribution in [0.5, 0.6) is 0 Å². The van der Waals surface area contributed by atoms with Crippen LogP contribution < -0.4 is 10.2 Å². The molecule has 1 aromatic carbocycles. The lowest BCUT2D eigenvalue weighted by Gasteiger charge is -2.39. The summed E-state index contributed by atoms with van der Waals surface area (Å²) >= 11 is 0. The molecule has 1 amide bonds. The maximum Gasteiger partial charge on any atom is 0.270 e. The largest absolute Gasteiger partial charge is 0.395 e. The Hall–Kier alpha value is -2.93. The number of aliphatic hydroxyl groups is 1. The van der Waals surface area contributed by atoms with E-state index in [-0.39, 0.29) is 18.6 Å². The molecule has 7 heteroatoms. The Labute approximate surface area is 170 Å². The van der Waals surface area contributed by atoms with E-state index in [1.54, 1.807) is 12.3 Å². The number of amides is 1. The van der Waals surface area contributed by atoms with Crippen molar-refractivity contribution in [1.29, 1.82) is 0 Å². The molecule has 2 atom stereocenters. The zero-order valence-corrected chi connectivity index (χ0v) is 16.7. The monoisotopic (exact) mass is 393 g/mol. The second kappa shape index (κ2) is 8.61. The number of nitrogens with one attached hydrogen (secondary N) is 1. The summed E-state index contributed by atoms with van der Waals surface area (Å²) in [6, 6.07) is 13.5. The zero-order chi connectivity index (χ0) is 20.2. The van der Waals surface area contributed by atoms with Crippen LogP contribution in [-0.4, -0.2) is 51.3 Å². The van der Waals surface area contributed by atoms with E-state index in [9.17, 15) is 9.90 Å². The minimum Gasteiger partial charge on any atom is -0.395 e. The van der Waals surface area contributed by atoms with Crippen molar-refractivity contribution in [2.24, 2.45) is 5.92 Å². The summed E-state index contributed by atoms with van der Waals surface area (Å²) in [5, 5.41) is 12.7. The van der Waals surface area contributed by atoms with Gasteiger partial charge >= 0.3 is 0 Å². The van der Waals surface area contributed by atoms with Gasteiger partial charge in [-0.25, -0.2) is 4.98 Å². The highest BCUT2D eigenvalue weighted by atomic mass is 16.3. The van der Waals surface area contributed by atoms with Crippen molar-refractivity contribution in [2.75, 3.05) is 24.6 Å². The van der Waals surface area contributed by atoms with E-state index in [4.69, 9.17) is 4.98 Å². The summed E-state index contributed by atoms with van der Waals surface area (Å²) in [6.45, 7) is 4.37. The fourth-order valence-electron chi connectivity index (χ4n) is 4.18. The second-order valence-electron chi connectivity index (χ2n) is 7.47. The van der Waals surface area contributed by atoms with Gasteiger partial charge in [-0.05, 0) is 43.0 Å². The first kappa shape index (κ1) is 19.4. The van der Waals surface area contributed by atoms with Crippen LogP contribution in [0.3, 0.4) is 0 Å². The number of carbonyl (C=O) groups excluding carboxylic acids is 1. The Morgan fingerprint density at radius 3 is 2.83 bits per heavy atom. The van der Waals surface area contributed by atoms with Gasteiger partial charge in [-0.15, -0.1) is 0 Å². The van der Waals surface area contributed by atoms with Gasteiger partial charge in [-0.3, -0.25) is 9.78 Å². The first-order chi connectivity index (χ1) is 14.2. The molecule has 29 heavy (non-hydrogen) atoms. The highest BCUT2D eigenvalue weighted by Gasteiger charge is 2.31. The van der Waals surface area contributed by atoms with Gasteiger partial charge < -0.3 is 19.9 Å². The quantitative estimate of drug-likeness (QED) is 0.672. The standard InChI is InChI=1S/C22H27N5O2/c1-2-16-15-26(12-10-17(16)24-21(29)19-8-5-6-11-23-19)22-25-18-7-3-4-9-20(18)27(22)13-14-28/h3-9,11,16-17,28H,2,10,12-15H2,1H3,(H,24,29)/t16-,17+/m1/s1. The highest BCUT2D eigenvalue weighted by Crippen LogP contribution is 2.28. The normalized spacial score (nSPS) is 19.4. The Kier molecular flexibility index (Phi) is 5.76. The molecule has 7 nitrogen and oxygen atoms in total. The predicted molar refractivity (Wildman–Crippen MR) is 113 cm³/mol. The molecule has 0 bridgehead atoms. The third-order valence-corrected chi connectivity index (χ3v) is 5.71. The van der Waals surface area contributed by atoms with Gasteiger partial charge in [0.25, 0.3) is 5.91 Å². The van der Waals surface area contributed by atoms with Crippen LogP contribution in [0.1, 0.15) is 30.3 Å². The predicted octanol–water partition coefficient (Wildman–Crippen LogP) is 2.46. The van der Waals surface area contributed by atoms with Crippen LogP contribution in [0.25, 0.3) is 11.0 Å². The minimum absolute atomic E-state index is 0.0706. The van der Waals surface area contributed by atoms with E-state index in [1.165, 1.54) is 0 Å². The van der Waals surface area contributed by atoms with Gasteiger partial charge in [-0.1, -0.05) is 25.1 Å². The summed E-state index contributed by atoms with van der Waals surface area (Å²) < 4.78 is 2.09. The van der Waals surface area contributed by atoms with Crippen molar-refractivity contribution < 1.29 is 9.90 Å². The lowest BCUT2D eigenvalue weighted by atomic mass is 9.90. The number of piperidine rings is 1. The number of rotatable bonds is 6. The number of carbonyl (C=O) groups is 1. The lowest BCUT2D eigenvalue weighted by Crippen LogP contribution is -2.51. The van der Waals surface area contributed by atoms with Crippen molar-refractivity contribution in [3.63, 3.8) is 0 Å².